The fourth-order valence-corrected chi connectivity index (χ4v) is 6.09. The number of nitrogens with zero attached hydrogens (tertiary/aromatic N) is 3. The monoisotopic (exact) mass is 574 g/mol. The third-order valence-corrected chi connectivity index (χ3v) is 8.53. The van der Waals surface area contributed by atoms with Crippen molar-refractivity contribution < 1.29 is 22.7 Å². The molecular weight excluding hydrogens is 544 g/mol. The lowest BCUT2D eigenvalue weighted by Crippen LogP contribution is -2.42. The molecule has 11 heteroatoms. The summed E-state index contributed by atoms with van der Waals surface area (Å²) in [6, 6.07) is 21.7. The molecule has 0 spiro atoms. The molecule has 0 fully saturated rings. The van der Waals surface area contributed by atoms with Gasteiger partial charge >= 0.3 is 5.97 Å². The molecule has 212 valence electrons. The summed E-state index contributed by atoms with van der Waals surface area (Å²) in [4.78, 5) is 40.7. The van der Waals surface area contributed by atoms with Gasteiger partial charge in [0.2, 0.25) is 0 Å². The Kier molecular flexibility index (Phi) is 7.55. The quantitative estimate of drug-likeness (QED) is 0.335. The van der Waals surface area contributed by atoms with Gasteiger partial charge in [0.25, 0.3) is 21.5 Å². The average Bonchev–Trinajstić information content (AvgIpc) is 3.19. The van der Waals surface area contributed by atoms with Gasteiger partial charge in [-0.3, -0.25) is 19.0 Å². The Morgan fingerprint density at radius 3 is 2.44 bits per heavy atom. The smallest absolute Gasteiger partial charge is 0.338 e. The normalized spacial score (nSPS) is 13.8. The number of para-hydroxylation sites is 2. The van der Waals surface area contributed by atoms with Crippen LogP contribution in [0.2, 0.25) is 0 Å². The van der Waals surface area contributed by atoms with Crippen molar-refractivity contribution in [2.24, 2.45) is 7.05 Å². The molecule has 1 aliphatic heterocycles. The number of ether oxygens (including phenoxy) is 1. The summed E-state index contributed by atoms with van der Waals surface area (Å²) in [5, 5.41) is 0. The molecule has 0 bridgehead atoms. The fourth-order valence-electron chi connectivity index (χ4n) is 4.93. The van der Waals surface area contributed by atoms with Crippen molar-refractivity contribution in [1.29, 1.82) is 0 Å². The number of sulfonamides is 1. The summed E-state index contributed by atoms with van der Waals surface area (Å²) < 4.78 is 37.4. The molecule has 0 aliphatic carbocycles. The van der Waals surface area contributed by atoms with Gasteiger partial charge in [0.15, 0.2) is 6.10 Å². The average molecular weight is 575 g/mol. The van der Waals surface area contributed by atoms with Crippen molar-refractivity contribution in [2.45, 2.75) is 37.7 Å². The fraction of sp³-hybridized carbons (Fsp3) is 0.233. The Hall–Kier alpha value is -4.64. The van der Waals surface area contributed by atoms with Crippen LogP contribution in [0.15, 0.2) is 88.6 Å². The zero-order chi connectivity index (χ0) is 29.3. The molecule has 41 heavy (non-hydrogen) atoms. The molecule has 1 aromatic heterocycles. The maximum atomic E-state index is 13.3. The highest BCUT2D eigenvalue weighted by molar-refractivity contribution is 7.92. The van der Waals surface area contributed by atoms with E-state index in [1.165, 1.54) is 29.8 Å². The number of nitrogens with one attached hydrogen (secondary N) is 1. The highest BCUT2D eigenvalue weighted by Gasteiger charge is 2.29. The first-order valence-corrected chi connectivity index (χ1v) is 14.6. The van der Waals surface area contributed by atoms with Crippen molar-refractivity contribution in [3.05, 3.63) is 106 Å². The molecule has 1 atom stereocenters. The second-order valence-corrected chi connectivity index (χ2v) is 11.5. The van der Waals surface area contributed by atoms with E-state index in [1.807, 2.05) is 30.3 Å². The number of carbonyl (C=O) groups excluding carboxylic acids is 2. The van der Waals surface area contributed by atoms with Crippen LogP contribution in [0.1, 0.15) is 35.0 Å². The molecule has 2 heterocycles. The molecule has 1 aliphatic rings. The zero-order valence-electron chi connectivity index (χ0n) is 22.9. The lowest BCUT2D eigenvalue weighted by atomic mass is 10.0. The second kappa shape index (κ2) is 11.1. The van der Waals surface area contributed by atoms with E-state index in [1.54, 1.807) is 47.8 Å². The van der Waals surface area contributed by atoms with E-state index in [-0.39, 0.29) is 22.1 Å². The summed E-state index contributed by atoms with van der Waals surface area (Å²) in [5.41, 5.74) is 2.15. The molecular formula is C30H30N4O6S. The summed E-state index contributed by atoms with van der Waals surface area (Å²) in [6.45, 7) is 3.64. The lowest BCUT2D eigenvalue weighted by Gasteiger charge is -2.31. The maximum Gasteiger partial charge on any atom is 0.338 e. The van der Waals surface area contributed by atoms with E-state index in [0.29, 0.717) is 17.9 Å². The minimum absolute atomic E-state index is 0.0435. The summed E-state index contributed by atoms with van der Waals surface area (Å²) >= 11 is 0. The summed E-state index contributed by atoms with van der Waals surface area (Å²) in [6.07, 6.45) is 0.579. The van der Waals surface area contributed by atoms with Gasteiger partial charge in [0.1, 0.15) is 5.69 Å². The highest BCUT2D eigenvalue weighted by atomic mass is 32.2. The van der Waals surface area contributed by atoms with Gasteiger partial charge in [-0.05, 0) is 68.7 Å². The molecule has 1 N–H and O–H groups in total. The van der Waals surface area contributed by atoms with Gasteiger partial charge < -0.3 is 9.64 Å². The van der Waals surface area contributed by atoms with Crippen molar-refractivity contribution >= 4 is 33.3 Å². The molecule has 4 aromatic rings. The van der Waals surface area contributed by atoms with Crippen molar-refractivity contribution in [1.82, 2.24) is 9.36 Å². The van der Waals surface area contributed by atoms with Gasteiger partial charge in [0, 0.05) is 19.3 Å². The van der Waals surface area contributed by atoms with Crippen molar-refractivity contribution in [3.63, 3.8) is 0 Å². The van der Waals surface area contributed by atoms with Crippen LogP contribution in [-0.2, 0) is 33.0 Å². The standard InChI is InChI=1S/C30H30N4O6S/c1-20-27(29(36)34(32(20)3)24-14-5-4-6-15-24)31-41(38,39)25-16-9-12-23(19-25)30(37)40-21(2)28(35)33-18-10-13-22-11-7-8-17-26(22)33/h4-9,11-12,14-17,19,21,31H,10,13,18H2,1-3H3. The predicted molar refractivity (Wildman–Crippen MR) is 155 cm³/mol. The van der Waals surface area contributed by atoms with E-state index < -0.39 is 27.7 Å². The number of esters is 1. The molecule has 0 saturated carbocycles. The van der Waals surface area contributed by atoms with Gasteiger partial charge in [0.05, 0.1) is 21.8 Å². The molecule has 0 saturated heterocycles. The number of benzene rings is 3. The van der Waals surface area contributed by atoms with Crippen LogP contribution in [0, 0.1) is 6.92 Å². The van der Waals surface area contributed by atoms with Crippen LogP contribution in [-0.4, -0.2) is 42.3 Å². The molecule has 0 radical (unpaired) electrons. The maximum absolute atomic E-state index is 13.3. The highest BCUT2D eigenvalue weighted by Crippen LogP contribution is 2.28. The van der Waals surface area contributed by atoms with E-state index in [9.17, 15) is 22.8 Å². The first-order chi connectivity index (χ1) is 19.6. The third kappa shape index (κ3) is 5.40. The van der Waals surface area contributed by atoms with E-state index in [2.05, 4.69) is 4.72 Å². The van der Waals surface area contributed by atoms with E-state index >= 15 is 0 Å². The van der Waals surface area contributed by atoms with Crippen LogP contribution in [0.5, 0.6) is 0 Å². The first kappa shape index (κ1) is 27.9. The Balaban J connectivity index is 1.34. The van der Waals surface area contributed by atoms with Crippen molar-refractivity contribution in [2.75, 3.05) is 16.2 Å². The zero-order valence-corrected chi connectivity index (χ0v) is 23.7. The predicted octanol–water partition coefficient (Wildman–Crippen LogP) is 3.81. The van der Waals surface area contributed by atoms with Crippen LogP contribution >= 0.6 is 0 Å². The summed E-state index contributed by atoms with van der Waals surface area (Å²) in [5.74, 6) is -1.19. The van der Waals surface area contributed by atoms with Crippen LogP contribution in [0.4, 0.5) is 11.4 Å². The number of hydrogen-bond donors (Lipinski definition) is 1. The van der Waals surface area contributed by atoms with E-state index in [4.69, 9.17) is 4.74 Å². The van der Waals surface area contributed by atoms with Crippen molar-refractivity contribution in [3.8, 4) is 5.69 Å². The van der Waals surface area contributed by atoms with E-state index in [0.717, 1.165) is 30.2 Å². The minimum atomic E-state index is -4.25. The Morgan fingerprint density at radius 2 is 1.68 bits per heavy atom. The largest absolute Gasteiger partial charge is 0.449 e. The topological polar surface area (TPSA) is 120 Å². The number of amides is 1. The number of aromatic nitrogens is 2. The minimum Gasteiger partial charge on any atom is -0.449 e. The number of hydrogen-bond acceptors (Lipinski definition) is 6. The molecule has 5 rings (SSSR count). The SMILES string of the molecule is Cc1c(NS(=O)(=O)c2cccc(C(=O)OC(C)C(=O)N3CCCc4ccccc43)c2)c(=O)n(-c2ccccc2)n1C. The second-order valence-electron chi connectivity index (χ2n) is 9.84. The molecule has 3 aromatic carbocycles. The number of fused-ring (bicyclic) bond motifs is 1. The summed E-state index contributed by atoms with van der Waals surface area (Å²) in [7, 11) is -2.60. The molecule has 1 amide bonds. The first-order valence-electron chi connectivity index (χ1n) is 13.2. The van der Waals surface area contributed by atoms with Gasteiger partial charge in [-0.15, -0.1) is 0 Å². The lowest BCUT2D eigenvalue weighted by molar-refractivity contribution is -0.126. The van der Waals surface area contributed by atoms with Gasteiger partial charge in [-0.2, -0.15) is 0 Å². The number of aryl methyl sites for hydroxylation is 1. The van der Waals surface area contributed by atoms with Crippen LogP contribution in [0.25, 0.3) is 5.69 Å². The molecule has 10 nitrogen and oxygen atoms in total. The van der Waals surface area contributed by atoms with Crippen LogP contribution < -0.4 is 15.2 Å². The third-order valence-electron chi connectivity index (χ3n) is 7.18. The number of rotatable bonds is 7. The van der Waals surface area contributed by atoms with Gasteiger partial charge in [-0.25, -0.2) is 17.9 Å². The van der Waals surface area contributed by atoms with Crippen LogP contribution in [0.3, 0.4) is 0 Å². The Labute approximate surface area is 237 Å². The number of carbonyl (C=O) groups is 2. The molecule has 1 unspecified atom stereocenters. The Morgan fingerprint density at radius 1 is 0.976 bits per heavy atom. The Bertz CT molecular complexity index is 1790. The number of anilines is 2. The van der Waals surface area contributed by atoms with Gasteiger partial charge in [-0.1, -0.05) is 42.5 Å².